The van der Waals surface area contributed by atoms with Gasteiger partial charge in [-0.05, 0) is 42.9 Å². The third kappa shape index (κ3) is 3.34. The van der Waals surface area contributed by atoms with E-state index in [0.29, 0.717) is 5.56 Å². The van der Waals surface area contributed by atoms with Gasteiger partial charge in [-0.2, -0.15) is 13.2 Å². The van der Waals surface area contributed by atoms with Crippen molar-refractivity contribution in [3.63, 3.8) is 0 Å². The molecule has 98 valence electrons. The average molecular weight is 256 g/mol. The number of fused-ring (bicyclic) bond motifs is 1. The van der Waals surface area contributed by atoms with Gasteiger partial charge in [0.25, 0.3) is 0 Å². The minimum atomic E-state index is -4.26. The van der Waals surface area contributed by atoms with Crippen LogP contribution in [0.5, 0.6) is 0 Å². The smallest absolute Gasteiger partial charge is 0.294 e. The molecule has 0 aromatic heterocycles. The number of aryl methyl sites for hydroxylation is 2. The maximum Gasteiger partial charge on any atom is 0.389 e. The molecule has 0 saturated carbocycles. The second-order valence-corrected chi connectivity index (χ2v) is 4.73. The molecule has 0 bridgehead atoms. The zero-order chi connectivity index (χ0) is 13.2. The molecular weight excluding hydrogens is 241 g/mol. The molecule has 2 rings (SSSR count). The summed E-state index contributed by atoms with van der Waals surface area (Å²) in [5.74, 6) is -0.416. The molecule has 0 amide bonds. The van der Waals surface area contributed by atoms with E-state index < -0.39 is 24.8 Å². The van der Waals surface area contributed by atoms with E-state index in [1.165, 1.54) is 5.56 Å². The first-order valence-electron chi connectivity index (χ1n) is 6.17. The van der Waals surface area contributed by atoms with Crippen LogP contribution in [0, 0.1) is 0 Å². The van der Waals surface area contributed by atoms with Crippen molar-refractivity contribution >= 4 is 5.78 Å². The predicted octanol–water partition coefficient (Wildman–Crippen LogP) is 4.09. The van der Waals surface area contributed by atoms with Gasteiger partial charge in [0, 0.05) is 12.0 Å². The van der Waals surface area contributed by atoms with Crippen LogP contribution in [-0.2, 0) is 12.8 Å². The molecule has 0 spiro atoms. The van der Waals surface area contributed by atoms with Crippen LogP contribution in [-0.4, -0.2) is 12.0 Å². The van der Waals surface area contributed by atoms with E-state index in [2.05, 4.69) is 0 Å². The quantitative estimate of drug-likeness (QED) is 0.744. The standard InChI is InChI=1S/C14H15F3O/c15-14(16,17)8-7-13(18)12-6-5-10-3-1-2-4-11(10)9-12/h5-6,9H,1-4,7-8H2. The van der Waals surface area contributed by atoms with Gasteiger partial charge in [-0.3, -0.25) is 4.79 Å². The highest BCUT2D eigenvalue weighted by Crippen LogP contribution is 2.25. The molecule has 0 aliphatic heterocycles. The largest absolute Gasteiger partial charge is 0.389 e. The van der Waals surface area contributed by atoms with E-state index in [4.69, 9.17) is 0 Å². The molecule has 0 radical (unpaired) electrons. The maximum absolute atomic E-state index is 12.1. The molecule has 0 unspecified atom stereocenters. The van der Waals surface area contributed by atoms with Gasteiger partial charge < -0.3 is 0 Å². The Labute approximate surface area is 104 Å². The number of halogens is 3. The number of ketones is 1. The van der Waals surface area contributed by atoms with Crippen LogP contribution in [0.1, 0.15) is 47.2 Å². The molecule has 0 fully saturated rings. The summed E-state index contributed by atoms with van der Waals surface area (Å²) >= 11 is 0. The van der Waals surface area contributed by atoms with Crippen molar-refractivity contribution in [3.8, 4) is 0 Å². The van der Waals surface area contributed by atoms with Crippen molar-refractivity contribution in [1.29, 1.82) is 0 Å². The van der Waals surface area contributed by atoms with Gasteiger partial charge in [-0.1, -0.05) is 12.1 Å². The van der Waals surface area contributed by atoms with Crippen molar-refractivity contribution in [2.24, 2.45) is 0 Å². The Hall–Kier alpha value is -1.32. The van der Waals surface area contributed by atoms with Crippen molar-refractivity contribution in [1.82, 2.24) is 0 Å². The Kier molecular flexibility index (Phi) is 3.73. The molecule has 1 aliphatic rings. The fourth-order valence-electron chi connectivity index (χ4n) is 2.31. The Morgan fingerprint density at radius 3 is 2.44 bits per heavy atom. The fourth-order valence-corrected chi connectivity index (χ4v) is 2.31. The predicted molar refractivity (Wildman–Crippen MR) is 62.7 cm³/mol. The minimum absolute atomic E-state index is 0.416. The first-order chi connectivity index (χ1) is 8.46. The molecule has 0 saturated heterocycles. The zero-order valence-electron chi connectivity index (χ0n) is 10.0. The molecule has 18 heavy (non-hydrogen) atoms. The average Bonchev–Trinajstić information content (AvgIpc) is 2.34. The van der Waals surface area contributed by atoms with E-state index in [-0.39, 0.29) is 0 Å². The maximum atomic E-state index is 12.1. The van der Waals surface area contributed by atoms with Crippen molar-refractivity contribution in [3.05, 3.63) is 34.9 Å². The van der Waals surface area contributed by atoms with Gasteiger partial charge in [0.1, 0.15) is 0 Å². The highest BCUT2D eigenvalue weighted by Gasteiger charge is 2.28. The normalized spacial score (nSPS) is 15.3. The monoisotopic (exact) mass is 256 g/mol. The van der Waals surface area contributed by atoms with E-state index in [1.807, 2.05) is 6.07 Å². The zero-order valence-corrected chi connectivity index (χ0v) is 10.0. The molecule has 4 heteroatoms. The first kappa shape index (κ1) is 13.1. The highest BCUT2D eigenvalue weighted by atomic mass is 19.4. The summed E-state index contributed by atoms with van der Waals surface area (Å²) in [5.41, 5.74) is 2.77. The summed E-state index contributed by atoms with van der Waals surface area (Å²) in [5, 5.41) is 0. The second-order valence-electron chi connectivity index (χ2n) is 4.73. The lowest BCUT2D eigenvalue weighted by molar-refractivity contribution is -0.133. The third-order valence-electron chi connectivity index (χ3n) is 3.31. The molecule has 1 aromatic carbocycles. The Morgan fingerprint density at radius 1 is 1.11 bits per heavy atom. The van der Waals surface area contributed by atoms with Gasteiger partial charge in [0.05, 0.1) is 6.42 Å². The minimum Gasteiger partial charge on any atom is -0.294 e. The van der Waals surface area contributed by atoms with Crippen LogP contribution in [0.25, 0.3) is 0 Å². The molecular formula is C14H15F3O. The Balaban J connectivity index is 2.07. The van der Waals surface area contributed by atoms with E-state index >= 15 is 0 Å². The van der Waals surface area contributed by atoms with Gasteiger partial charge in [-0.15, -0.1) is 0 Å². The summed E-state index contributed by atoms with van der Waals surface area (Å²) < 4.78 is 36.2. The topological polar surface area (TPSA) is 17.1 Å². The molecule has 1 nitrogen and oxygen atoms in total. The second kappa shape index (κ2) is 5.12. The van der Waals surface area contributed by atoms with E-state index in [9.17, 15) is 18.0 Å². The van der Waals surface area contributed by atoms with Crippen LogP contribution in [0.2, 0.25) is 0 Å². The van der Waals surface area contributed by atoms with E-state index in [0.717, 1.165) is 31.2 Å². The van der Waals surface area contributed by atoms with Crippen molar-refractivity contribution in [2.75, 3.05) is 0 Å². The number of benzene rings is 1. The summed E-state index contributed by atoms with van der Waals surface area (Å²) in [6.07, 6.45) is -1.58. The molecule has 0 N–H and O–H groups in total. The molecule has 1 aliphatic carbocycles. The molecule has 1 aromatic rings. The third-order valence-corrected chi connectivity index (χ3v) is 3.31. The summed E-state index contributed by atoms with van der Waals surface area (Å²) in [6, 6.07) is 5.31. The lowest BCUT2D eigenvalue weighted by Gasteiger charge is -2.16. The molecule has 0 heterocycles. The SMILES string of the molecule is O=C(CCC(F)(F)F)c1ccc2c(c1)CCCC2. The fraction of sp³-hybridized carbons (Fsp3) is 0.500. The number of rotatable bonds is 3. The van der Waals surface area contributed by atoms with Crippen molar-refractivity contribution in [2.45, 2.75) is 44.7 Å². The number of hydrogen-bond donors (Lipinski definition) is 0. The Bertz CT molecular complexity index is 449. The number of Topliss-reactive ketones (excluding diaryl/α,β-unsaturated/α-hetero) is 1. The number of carbonyl (C=O) groups is 1. The van der Waals surface area contributed by atoms with Gasteiger partial charge in [-0.25, -0.2) is 0 Å². The van der Waals surface area contributed by atoms with Crippen LogP contribution < -0.4 is 0 Å². The summed E-state index contributed by atoms with van der Waals surface area (Å²) in [6.45, 7) is 0. The van der Waals surface area contributed by atoms with Crippen molar-refractivity contribution < 1.29 is 18.0 Å². The molecule has 0 atom stereocenters. The van der Waals surface area contributed by atoms with Gasteiger partial charge >= 0.3 is 6.18 Å². The van der Waals surface area contributed by atoms with Crippen LogP contribution in [0.15, 0.2) is 18.2 Å². The van der Waals surface area contributed by atoms with E-state index in [1.54, 1.807) is 12.1 Å². The lowest BCUT2D eigenvalue weighted by atomic mass is 9.89. The first-order valence-corrected chi connectivity index (χ1v) is 6.17. The number of alkyl halides is 3. The van der Waals surface area contributed by atoms with Gasteiger partial charge in [0.15, 0.2) is 5.78 Å². The lowest BCUT2D eigenvalue weighted by Crippen LogP contribution is -2.12. The van der Waals surface area contributed by atoms with Crippen LogP contribution in [0.3, 0.4) is 0 Å². The van der Waals surface area contributed by atoms with Gasteiger partial charge in [0.2, 0.25) is 0 Å². The van der Waals surface area contributed by atoms with Crippen LogP contribution >= 0.6 is 0 Å². The summed E-state index contributed by atoms with van der Waals surface area (Å²) in [7, 11) is 0. The highest BCUT2D eigenvalue weighted by molar-refractivity contribution is 5.96. The number of carbonyl (C=O) groups excluding carboxylic acids is 1. The van der Waals surface area contributed by atoms with Crippen LogP contribution in [0.4, 0.5) is 13.2 Å². The number of hydrogen-bond acceptors (Lipinski definition) is 1. The summed E-state index contributed by atoms with van der Waals surface area (Å²) in [4.78, 5) is 11.7. The Morgan fingerprint density at radius 2 is 1.78 bits per heavy atom.